The van der Waals surface area contributed by atoms with Gasteiger partial charge in [0.15, 0.2) is 0 Å². The number of esters is 1. The lowest BCUT2D eigenvalue weighted by atomic mass is 10.1. The van der Waals surface area contributed by atoms with Gasteiger partial charge < -0.3 is 14.5 Å². The average Bonchev–Trinajstić information content (AvgIpc) is 3.05. The van der Waals surface area contributed by atoms with Gasteiger partial charge in [-0.1, -0.05) is 11.6 Å². The summed E-state index contributed by atoms with van der Waals surface area (Å²) >= 11 is 6.07. The van der Waals surface area contributed by atoms with Crippen molar-refractivity contribution in [1.82, 2.24) is 4.31 Å². The van der Waals surface area contributed by atoms with Crippen LogP contribution in [0.1, 0.15) is 16.1 Å². The monoisotopic (exact) mass is 372 g/mol. The lowest BCUT2D eigenvalue weighted by Crippen LogP contribution is -2.23. The molecule has 0 spiro atoms. The normalized spacial score (nSPS) is 11.5. The highest BCUT2D eigenvalue weighted by Crippen LogP contribution is 2.31. The Morgan fingerprint density at radius 2 is 2.08 bits per heavy atom. The fourth-order valence-corrected chi connectivity index (χ4v) is 3.39. The number of rotatable bonds is 6. The molecule has 0 saturated carbocycles. The number of carbonyl (C=O) groups is 1. The van der Waals surface area contributed by atoms with Gasteiger partial charge in [0.1, 0.15) is 10.7 Å². The molecule has 0 aliphatic rings. The summed E-state index contributed by atoms with van der Waals surface area (Å²) in [4.78, 5) is 11.8. The molecule has 0 unspecified atom stereocenters. The summed E-state index contributed by atoms with van der Waals surface area (Å²) in [6.45, 7) is 0.264. The Morgan fingerprint density at radius 3 is 2.62 bits per heavy atom. The summed E-state index contributed by atoms with van der Waals surface area (Å²) in [7, 11) is 0.265. The molecule has 2 rings (SSSR count). The van der Waals surface area contributed by atoms with E-state index in [4.69, 9.17) is 20.8 Å². The number of hydrogen-bond acceptors (Lipinski definition) is 6. The van der Waals surface area contributed by atoms with E-state index in [0.717, 1.165) is 4.31 Å². The molecule has 0 atom stereocenters. The second-order valence-corrected chi connectivity index (χ2v) is 7.57. The Hall–Kier alpha value is -2.03. The Labute approximate surface area is 145 Å². The van der Waals surface area contributed by atoms with Gasteiger partial charge in [-0.3, -0.25) is 0 Å². The second kappa shape index (κ2) is 7.25. The molecular weight excluding hydrogens is 356 g/mol. The molecule has 1 heterocycles. The fraction of sp³-hybridized carbons (Fsp3) is 0.267. The van der Waals surface area contributed by atoms with Crippen molar-refractivity contribution in [1.29, 1.82) is 0 Å². The lowest BCUT2D eigenvalue weighted by Gasteiger charge is -2.16. The molecule has 130 valence electrons. The highest BCUT2D eigenvalue weighted by molar-refractivity contribution is 7.89. The standard InChI is InChI=1S/C15H17ClN2O5S/c1-18(2)24(20,21)14-8-13(17-9-10-5-4-6-23-10)11(7-12(14)16)15(19)22-3/h4-8,17H,9H2,1-3H3. The van der Waals surface area contributed by atoms with Gasteiger partial charge in [0, 0.05) is 14.1 Å². The smallest absolute Gasteiger partial charge is 0.340 e. The first-order valence-corrected chi connectivity index (χ1v) is 8.69. The van der Waals surface area contributed by atoms with E-state index in [0.29, 0.717) is 5.76 Å². The second-order valence-electron chi connectivity index (χ2n) is 5.04. The molecule has 0 amide bonds. The first-order valence-electron chi connectivity index (χ1n) is 6.88. The van der Waals surface area contributed by atoms with E-state index in [2.05, 4.69) is 5.32 Å². The van der Waals surface area contributed by atoms with Gasteiger partial charge >= 0.3 is 5.97 Å². The van der Waals surface area contributed by atoms with Crippen molar-refractivity contribution in [3.05, 3.63) is 46.9 Å². The number of carbonyl (C=O) groups excluding carboxylic acids is 1. The summed E-state index contributed by atoms with van der Waals surface area (Å²) in [5.74, 6) is -0.00886. The number of nitrogens with zero attached hydrogens (tertiary/aromatic N) is 1. The predicted molar refractivity (Wildman–Crippen MR) is 89.7 cm³/mol. The molecule has 0 bridgehead atoms. The maximum Gasteiger partial charge on any atom is 0.340 e. The van der Waals surface area contributed by atoms with Crippen LogP contribution in [0.25, 0.3) is 0 Å². The molecule has 0 fully saturated rings. The van der Waals surface area contributed by atoms with Crippen LogP contribution in [-0.4, -0.2) is 39.9 Å². The number of nitrogens with one attached hydrogen (secondary N) is 1. The minimum absolute atomic E-state index is 0.0624. The molecule has 0 radical (unpaired) electrons. The molecule has 1 aromatic carbocycles. The molecule has 0 aliphatic carbocycles. The molecular formula is C15H17ClN2O5S. The van der Waals surface area contributed by atoms with Crippen LogP contribution in [0.4, 0.5) is 5.69 Å². The Balaban J connectivity index is 2.49. The van der Waals surface area contributed by atoms with Crippen molar-refractivity contribution in [2.24, 2.45) is 0 Å². The maximum absolute atomic E-state index is 12.4. The van der Waals surface area contributed by atoms with E-state index in [-0.39, 0.29) is 27.7 Å². The number of sulfonamides is 1. The predicted octanol–water partition coefficient (Wildman–Crippen LogP) is 2.58. The number of ether oxygens (including phenoxy) is 1. The number of furan rings is 1. The van der Waals surface area contributed by atoms with Crippen molar-refractivity contribution >= 4 is 33.3 Å². The Morgan fingerprint density at radius 1 is 1.38 bits per heavy atom. The number of anilines is 1. The van der Waals surface area contributed by atoms with E-state index in [1.807, 2.05) is 0 Å². The molecule has 24 heavy (non-hydrogen) atoms. The van der Waals surface area contributed by atoms with E-state index >= 15 is 0 Å². The van der Waals surface area contributed by atoms with Gasteiger partial charge in [-0.15, -0.1) is 0 Å². The average molecular weight is 373 g/mol. The molecule has 7 nitrogen and oxygen atoms in total. The quantitative estimate of drug-likeness (QED) is 0.784. The van der Waals surface area contributed by atoms with Crippen LogP contribution in [0.3, 0.4) is 0 Å². The van der Waals surface area contributed by atoms with Crippen molar-refractivity contribution in [3.63, 3.8) is 0 Å². The number of methoxy groups -OCH3 is 1. The van der Waals surface area contributed by atoms with Crippen molar-refractivity contribution < 1.29 is 22.4 Å². The Kier molecular flexibility index (Phi) is 5.53. The lowest BCUT2D eigenvalue weighted by molar-refractivity contribution is 0.0601. The molecule has 1 N–H and O–H groups in total. The van der Waals surface area contributed by atoms with Crippen molar-refractivity contribution in [2.45, 2.75) is 11.4 Å². The zero-order valence-electron chi connectivity index (χ0n) is 13.4. The third-order valence-corrected chi connectivity index (χ3v) is 5.55. The molecule has 0 aliphatic heterocycles. The molecule has 2 aromatic rings. The van der Waals surface area contributed by atoms with Gasteiger partial charge in [-0.05, 0) is 24.3 Å². The maximum atomic E-state index is 12.4. The van der Waals surface area contributed by atoms with Gasteiger partial charge in [0.2, 0.25) is 10.0 Å². The number of halogens is 1. The minimum atomic E-state index is -3.77. The van der Waals surface area contributed by atoms with E-state index in [1.165, 1.54) is 39.6 Å². The van der Waals surface area contributed by atoms with Gasteiger partial charge in [0.25, 0.3) is 0 Å². The highest BCUT2D eigenvalue weighted by atomic mass is 35.5. The largest absolute Gasteiger partial charge is 0.467 e. The van der Waals surface area contributed by atoms with Crippen LogP contribution in [-0.2, 0) is 21.3 Å². The topological polar surface area (TPSA) is 88.9 Å². The Bertz CT molecular complexity index is 832. The van der Waals surface area contributed by atoms with E-state index < -0.39 is 16.0 Å². The summed E-state index contributed by atoms with van der Waals surface area (Å²) < 4.78 is 35.7. The summed E-state index contributed by atoms with van der Waals surface area (Å²) in [6, 6.07) is 6.06. The van der Waals surface area contributed by atoms with Crippen molar-refractivity contribution in [2.75, 3.05) is 26.5 Å². The SMILES string of the molecule is COC(=O)c1cc(Cl)c(S(=O)(=O)N(C)C)cc1NCc1ccco1. The minimum Gasteiger partial charge on any atom is -0.467 e. The first-order chi connectivity index (χ1) is 11.3. The molecule has 1 aromatic heterocycles. The van der Waals surface area contributed by atoms with Crippen LogP contribution < -0.4 is 5.32 Å². The third-order valence-electron chi connectivity index (χ3n) is 3.27. The number of benzene rings is 1. The summed E-state index contributed by atoms with van der Waals surface area (Å²) in [5, 5.41) is 2.91. The molecule has 0 saturated heterocycles. The van der Waals surface area contributed by atoms with Crippen LogP contribution in [0.5, 0.6) is 0 Å². The van der Waals surface area contributed by atoms with Crippen LogP contribution in [0.15, 0.2) is 39.8 Å². The summed E-state index contributed by atoms with van der Waals surface area (Å²) in [6.07, 6.45) is 1.52. The molecule has 9 heteroatoms. The first kappa shape index (κ1) is 18.3. The van der Waals surface area contributed by atoms with Gasteiger partial charge in [-0.25, -0.2) is 17.5 Å². The third kappa shape index (κ3) is 3.72. The van der Waals surface area contributed by atoms with Crippen LogP contribution >= 0.6 is 11.6 Å². The van der Waals surface area contributed by atoms with E-state index in [1.54, 1.807) is 12.1 Å². The van der Waals surface area contributed by atoms with Gasteiger partial charge in [0.05, 0.1) is 36.2 Å². The van der Waals surface area contributed by atoms with Crippen LogP contribution in [0, 0.1) is 0 Å². The number of hydrogen-bond donors (Lipinski definition) is 1. The zero-order valence-corrected chi connectivity index (χ0v) is 14.9. The zero-order chi connectivity index (χ0) is 17.9. The highest BCUT2D eigenvalue weighted by Gasteiger charge is 2.25. The van der Waals surface area contributed by atoms with Gasteiger partial charge in [-0.2, -0.15) is 0 Å². The summed E-state index contributed by atoms with van der Waals surface area (Å²) in [5.41, 5.74) is 0.412. The van der Waals surface area contributed by atoms with Crippen molar-refractivity contribution in [3.8, 4) is 0 Å². The van der Waals surface area contributed by atoms with Crippen LogP contribution in [0.2, 0.25) is 5.02 Å². The van der Waals surface area contributed by atoms with E-state index in [9.17, 15) is 13.2 Å². The fourth-order valence-electron chi connectivity index (χ4n) is 1.97.